The summed E-state index contributed by atoms with van der Waals surface area (Å²) in [7, 11) is 0. The molecule has 6 heteroatoms. The molecule has 1 aromatic rings. The number of phenolic OH excluding ortho intramolecular Hbond substituents is 2. The van der Waals surface area contributed by atoms with Crippen LogP contribution in [0.5, 0.6) is 11.5 Å². The molecule has 0 fully saturated rings. The van der Waals surface area contributed by atoms with Crippen molar-refractivity contribution >= 4 is 11.5 Å². The van der Waals surface area contributed by atoms with Gasteiger partial charge in [-0.3, -0.25) is 9.79 Å². The molecule has 2 rings (SSSR count). The van der Waals surface area contributed by atoms with E-state index < -0.39 is 6.10 Å². The molecule has 0 bridgehead atoms. The normalized spacial score (nSPS) is 16.6. The first kappa shape index (κ1) is 31.6. The van der Waals surface area contributed by atoms with Crippen molar-refractivity contribution in [3.8, 4) is 11.5 Å². The molecule has 1 atom stereocenters. The number of aliphatic hydroxyl groups excluding tert-OH is 2. The quantitative estimate of drug-likeness (QED) is 0.0639. The van der Waals surface area contributed by atoms with Crippen molar-refractivity contribution in [3.63, 3.8) is 0 Å². The number of nitrogens with zero attached hydrogens (tertiary/aromatic N) is 1. The molecule has 0 spiro atoms. The highest BCUT2D eigenvalue weighted by Gasteiger charge is 2.29. The van der Waals surface area contributed by atoms with Crippen molar-refractivity contribution in [2.24, 2.45) is 4.99 Å². The predicted molar refractivity (Wildman–Crippen MR) is 155 cm³/mol. The zero-order chi connectivity index (χ0) is 27.6. The third-order valence-electron chi connectivity index (χ3n) is 7.20. The number of hydrogen-bond donors (Lipinski definition) is 4. The number of unbranched alkanes of at least 4 members (excludes halogenated alkanes) is 11. The Labute approximate surface area is 229 Å². The standard InChI is InChI=1S/C32H49NO5/c1-2-3-4-5-6-7-8-9-10-11-12-13-14-15-16-17-26(31-28(35)20-21-29(36)32(31)38)33-23-22-25-18-19-27(34)30(37)24-25/h7-8,18-19,24,29,34,36-38H,2-6,9-17,20-23H2,1H3. The van der Waals surface area contributed by atoms with Gasteiger partial charge in [-0.15, -0.1) is 0 Å². The first-order valence-electron chi connectivity index (χ1n) is 14.8. The second-order valence-electron chi connectivity index (χ2n) is 10.5. The molecule has 0 saturated heterocycles. The Kier molecular flexibility index (Phi) is 15.5. The van der Waals surface area contributed by atoms with E-state index in [2.05, 4.69) is 24.1 Å². The van der Waals surface area contributed by atoms with Crippen LogP contribution in [0.25, 0.3) is 0 Å². The zero-order valence-corrected chi connectivity index (χ0v) is 23.3. The molecular weight excluding hydrogens is 478 g/mol. The highest BCUT2D eigenvalue weighted by molar-refractivity contribution is 6.23. The molecule has 0 aromatic heterocycles. The van der Waals surface area contributed by atoms with Crippen LogP contribution in [0.1, 0.15) is 115 Å². The van der Waals surface area contributed by atoms with E-state index in [0.29, 0.717) is 25.1 Å². The van der Waals surface area contributed by atoms with E-state index in [9.17, 15) is 25.2 Å². The van der Waals surface area contributed by atoms with Crippen molar-refractivity contribution in [2.75, 3.05) is 6.54 Å². The lowest BCUT2D eigenvalue weighted by Gasteiger charge is -2.21. The van der Waals surface area contributed by atoms with E-state index in [0.717, 1.165) is 24.8 Å². The number of Topliss-reactive ketones (excluding diaryl/α,β-unsaturated/α-hetero) is 1. The van der Waals surface area contributed by atoms with Crippen molar-refractivity contribution in [3.05, 3.63) is 47.2 Å². The van der Waals surface area contributed by atoms with E-state index in [1.54, 1.807) is 6.07 Å². The fourth-order valence-electron chi connectivity index (χ4n) is 4.84. The Morgan fingerprint density at radius 3 is 2.18 bits per heavy atom. The third kappa shape index (κ3) is 11.8. The van der Waals surface area contributed by atoms with Gasteiger partial charge in [0.2, 0.25) is 0 Å². The molecule has 6 nitrogen and oxygen atoms in total. The molecule has 0 saturated carbocycles. The van der Waals surface area contributed by atoms with Gasteiger partial charge in [0.25, 0.3) is 0 Å². The highest BCUT2D eigenvalue weighted by atomic mass is 16.3. The van der Waals surface area contributed by atoms with Crippen LogP contribution in [0, 0.1) is 0 Å². The summed E-state index contributed by atoms with van der Waals surface area (Å²) in [5.41, 5.74) is 1.57. The number of allylic oxidation sites excluding steroid dienone is 3. The lowest BCUT2D eigenvalue weighted by atomic mass is 9.89. The molecule has 0 amide bonds. The van der Waals surface area contributed by atoms with Gasteiger partial charge < -0.3 is 20.4 Å². The molecule has 1 aliphatic rings. The van der Waals surface area contributed by atoms with Crippen LogP contribution in [0.4, 0.5) is 0 Å². The summed E-state index contributed by atoms with van der Waals surface area (Å²) in [6.07, 6.45) is 20.9. The number of aliphatic imine (C=N–C) groups is 1. The van der Waals surface area contributed by atoms with E-state index in [4.69, 9.17) is 0 Å². The number of hydrogen-bond acceptors (Lipinski definition) is 6. The number of aliphatic hydroxyl groups is 2. The van der Waals surface area contributed by atoms with Gasteiger partial charge in [0.05, 0.1) is 5.57 Å². The molecular formula is C32H49NO5. The van der Waals surface area contributed by atoms with Crippen LogP contribution in [-0.2, 0) is 11.2 Å². The molecule has 212 valence electrons. The smallest absolute Gasteiger partial charge is 0.168 e. The number of benzene rings is 1. The second-order valence-corrected chi connectivity index (χ2v) is 10.5. The summed E-state index contributed by atoms with van der Waals surface area (Å²) >= 11 is 0. The Hall–Kier alpha value is -2.60. The lowest BCUT2D eigenvalue weighted by Crippen LogP contribution is -2.28. The number of carbonyl (C=O) groups excluding carboxylic acids is 1. The maximum atomic E-state index is 12.6. The summed E-state index contributed by atoms with van der Waals surface area (Å²) in [5, 5.41) is 39.8. The van der Waals surface area contributed by atoms with E-state index in [-0.39, 0.29) is 41.5 Å². The van der Waals surface area contributed by atoms with Crippen LogP contribution in [0.15, 0.2) is 46.7 Å². The minimum Gasteiger partial charge on any atom is -0.509 e. The SMILES string of the molecule is CCCCCCC=CCCCCCCCCCC(=NCCc1ccc(O)c(O)c1)C1=C(O)C(O)CCC1=O. The lowest BCUT2D eigenvalue weighted by molar-refractivity contribution is -0.116. The fraction of sp³-hybridized carbons (Fsp3) is 0.625. The van der Waals surface area contributed by atoms with Crippen LogP contribution >= 0.6 is 0 Å². The molecule has 38 heavy (non-hydrogen) atoms. The van der Waals surface area contributed by atoms with Crippen LogP contribution in [-0.4, -0.2) is 44.6 Å². The summed E-state index contributed by atoms with van der Waals surface area (Å²) in [4.78, 5) is 17.2. The van der Waals surface area contributed by atoms with Gasteiger partial charge in [-0.1, -0.05) is 76.5 Å². The van der Waals surface area contributed by atoms with Crippen LogP contribution < -0.4 is 0 Å². The maximum absolute atomic E-state index is 12.6. The number of aromatic hydroxyl groups is 2. The van der Waals surface area contributed by atoms with Crippen LogP contribution in [0.3, 0.4) is 0 Å². The number of phenols is 2. The van der Waals surface area contributed by atoms with Crippen molar-refractivity contribution < 1.29 is 25.2 Å². The van der Waals surface area contributed by atoms with E-state index >= 15 is 0 Å². The molecule has 0 heterocycles. The average molecular weight is 528 g/mol. The van der Waals surface area contributed by atoms with Gasteiger partial charge in [0, 0.05) is 18.7 Å². The summed E-state index contributed by atoms with van der Waals surface area (Å²) < 4.78 is 0. The Morgan fingerprint density at radius 1 is 0.895 bits per heavy atom. The van der Waals surface area contributed by atoms with Crippen molar-refractivity contribution in [1.29, 1.82) is 0 Å². The molecule has 0 radical (unpaired) electrons. The molecule has 0 aliphatic heterocycles. The maximum Gasteiger partial charge on any atom is 0.168 e. The summed E-state index contributed by atoms with van der Waals surface area (Å²) in [6, 6.07) is 4.67. The third-order valence-corrected chi connectivity index (χ3v) is 7.20. The first-order chi connectivity index (χ1) is 18.4. The van der Waals surface area contributed by atoms with Gasteiger partial charge in [0.1, 0.15) is 11.9 Å². The summed E-state index contributed by atoms with van der Waals surface area (Å²) in [6.45, 7) is 2.63. The predicted octanol–water partition coefficient (Wildman–Crippen LogP) is 7.65. The topological polar surface area (TPSA) is 110 Å². The zero-order valence-electron chi connectivity index (χ0n) is 23.3. The minimum atomic E-state index is -1.02. The largest absolute Gasteiger partial charge is 0.509 e. The molecule has 1 aliphatic carbocycles. The Balaban J connectivity index is 1.74. The average Bonchev–Trinajstić information content (AvgIpc) is 2.90. The minimum absolute atomic E-state index is 0.163. The van der Waals surface area contributed by atoms with Crippen molar-refractivity contribution in [1.82, 2.24) is 0 Å². The number of rotatable bonds is 19. The van der Waals surface area contributed by atoms with Gasteiger partial charge in [-0.2, -0.15) is 0 Å². The fourth-order valence-corrected chi connectivity index (χ4v) is 4.84. The number of carbonyl (C=O) groups is 1. The number of ketones is 1. The van der Waals surface area contributed by atoms with Crippen LogP contribution in [0.2, 0.25) is 0 Å². The molecule has 1 unspecified atom stereocenters. The Morgan fingerprint density at radius 2 is 1.53 bits per heavy atom. The van der Waals surface area contributed by atoms with E-state index in [1.807, 2.05) is 0 Å². The van der Waals surface area contributed by atoms with Crippen molar-refractivity contribution in [2.45, 2.75) is 122 Å². The van der Waals surface area contributed by atoms with Gasteiger partial charge in [-0.05, 0) is 69.1 Å². The highest BCUT2D eigenvalue weighted by Crippen LogP contribution is 2.26. The summed E-state index contributed by atoms with van der Waals surface area (Å²) in [5.74, 6) is -0.757. The molecule has 1 aromatic carbocycles. The van der Waals surface area contributed by atoms with Gasteiger partial charge in [0.15, 0.2) is 17.3 Å². The molecule has 4 N–H and O–H groups in total. The van der Waals surface area contributed by atoms with Gasteiger partial charge in [-0.25, -0.2) is 0 Å². The van der Waals surface area contributed by atoms with Gasteiger partial charge >= 0.3 is 0 Å². The first-order valence-corrected chi connectivity index (χ1v) is 14.8. The Bertz CT molecular complexity index is 934. The monoisotopic (exact) mass is 527 g/mol. The second kappa shape index (κ2) is 18.6. The van der Waals surface area contributed by atoms with E-state index in [1.165, 1.54) is 76.3 Å².